The van der Waals surface area contributed by atoms with Crippen molar-refractivity contribution in [1.82, 2.24) is 5.32 Å². The van der Waals surface area contributed by atoms with Crippen LogP contribution in [-0.4, -0.2) is 20.3 Å². The first-order chi connectivity index (χ1) is 11.2. The number of benzene rings is 2. The monoisotopic (exact) mass is 311 g/mol. The van der Waals surface area contributed by atoms with E-state index in [0.29, 0.717) is 12.1 Å². The zero-order valence-electron chi connectivity index (χ0n) is 14.1. The number of rotatable bonds is 5. The van der Waals surface area contributed by atoms with E-state index in [9.17, 15) is 0 Å². The van der Waals surface area contributed by atoms with Gasteiger partial charge in [0.25, 0.3) is 0 Å². The molecule has 0 aliphatic heterocycles. The molecule has 0 fully saturated rings. The van der Waals surface area contributed by atoms with E-state index in [-0.39, 0.29) is 0 Å². The average molecular weight is 311 g/mol. The van der Waals surface area contributed by atoms with Gasteiger partial charge < -0.3 is 14.8 Å². The lowest BCUT2D eigenvalue weighted by molar-refractivity contribution is 0.386. The summed E-state index contributed by atoms with van der Waals surface area (Å²) in [7, 11) is 3.45. The third-order valence-electron chi connectivity index (χ3n) is 4.76. The summed E-state index contributed by atoms with van der Waals surface area (Å²) in [5.74, 6) is 1.93. The molecule has 3 rings (SSSR count). The summed E-state index contributed by atoms with van der Waals surface area (Å²) in [6.07, 6.45) is 3.28. The van der Waals surface area contributed by atoms with Gasteiger partial charge in [0.1, 0.15) is 11.5 Å². The Bertz CT molecular complexity index is 651. The van der Waals surface area contributed by atoms with Crippen molar-refractivity contribution in [2.45, 2.75) is 38.3 Å². The fourth-order valence-electron chi connectivity index (χ4n) is 3.45. The number of hydrogen-bond donors (Lipinski definition) is 1. The predicted octanol–water partition coefficient (Wildman–Crippen LogP) is 3.91. The van der Waals surface area contributed by atoms with E-state index >= 15 is 0 Å². The highest BCUT2D eigenvalue weighted by Gasteiger charge is 2.22. The molecule has 3 heteroatoms. The third kappa shape index (κ3) is 3.50. The molecule has 1 aliphatic carbocycles. The molecular formula is C20H25NO2. The van der Waals surface area contributed by atoms with Crippen LogP contribution in [0.1, 0.15) is 36.1 Å². The van der Waals surface area contributed by atoms with Crippen molar-refractivity contribution in [3.63, 3.8) is 0 Å². The first-order valence-electron chi connectivity index (χ1n) is 8.26. The molecular weight excluding hydrogens is 286 g/mol. The number of fused-ring (bicyclic) bond motifs is 1. The van der Waals surface area contributed by atoms with Crippen LogP contribution in [0.5, 0.6) is 11.5 Å². The Morgan fingerprint density at radius 2 is 1.83 bits per heavy atom. The number of hydrogen-bond acceptors (Lipinski definition) is 3. The van der Waals surface area contributed by atoms with Crippen LogP contribution < -0.4 is 14.8 Å². The molecule has 0 aromatic heterocycles. The largest absolute Gasteiger partial charge is 0.497 e. The van der Waals surface area contributed by atoms with E-state index in [1.165, 1.54) is 16.7 Å². The van der Waals surface area contributed by atoms with Crippen LogP contribution in [0.15, 0.2) is 42.5 Å². The maximum atomic E-state index is 5.49. The molecule has 0 unspecified atom stereocenters. The molecule has 0 bridgehead atoms. The molecule has 0 heterocycles. The molecule has 0 amide bonds. The van der Waals surface area contributed by atoms with Crippen LogP contribution in [-0.2, 0) is 12.8 Å². The highest BCUT2D eigenvalue weighted by Crippen LogP contribution is 2.30. The Morgan fingerprint density at radius 3 is 2.52 bits per heavy atom. The maximum absolute atomic E-state index is 5.49. The molecule has 0 saturated heterocycles. The van der Waals surface area contributed by atoms with Crippen molar-refractivity contribution < 1.29 is 9.47 Å². The molecule has 0 saturated carbocycles. The van der Waals surface area contributed by atoms with Crippen molar-refractivity contribution in [2.24, 2.45) is 0 Å². The Hall–Kier alpha value is -2.00. The van der Waals surface area contributed by atoms with Gasteiger partial charge in [0.05, 0.1) is 14.2 Å². The zero-order chi connectivity index (χ0) is 16.2. The van der Waals surface area contributed by atoms with Crippen LogP contribution in [0, 0.1) is 0 Å². The highest BCUT2D eigenvalue weighted by atomic mass is 16.5. The SMILES string of the molecule is COc1ccc([C@@H](C)N[C@H]2CCc3c(cccc3OC)C2)cc1. The summed E-state index contributed by atoms with van der Waals surface area (Å²) in [6, 6.07) is 15.5. The standard InChI is InChI=1S/C20H25NO2/c1-14(15-7-10-18(22-2)11-8-15)21-17-9-12-19-16(13-17)5-4-6-20(19)23-3/h4-8,10-11,14,17,21H,9,12-13H2,1-3H3/t14-,17+/m1/s1. The lowest BCUT2D eigenvalue weighted by Crippen LogP contribution is -2.36. The Balaban J connectivity index is 1.66. The first kappa shape index (κ1) is 15.9. The van der Waals surface area contributed by atoms with Gasteiger partial charge >= 0.3 is 0 Å². The number of nitrogens with one attached hydrogen (secondary N) is 1. The molecule has 2 atom stereocenters. The van der Waals surface area contributed by atoms with E-state index < -0.39 is 0 Å². The molecule has 2 aromatic carbocycles. The molecule has 1 aliphatic rings. The summed E-state index contributed by atoms with van der Waals surface area (Å²) in [5, 5.41) is 3.77. The van der Waals surface area contributed by atoms with Gasteiger partial charge in [-0.05, 0) is 61.1 Å². The highest BCUT2D eigenvalue weighted by molar-refractivity contribution is 5.42. The van der Waals surface area contributed by atoms with Gasteiger partial charge in [-0.2, -0.15) is 0 Å². The third-order valence-corrected chi connectivity index (χ3v) is 4.76. The second kappa shape index (κ2) is 7.05. The fourth-order valence-corrected chi connectivity index (χ4v) is 3.45. The maximum Gasteiger partial charge on any atom is 0.122 e. The van der Waals surface area contributed by atoms with Crippen molar-refractivity contribution in [3.8, 4) is 11.5 Å². The van der Waals surface area contributed by atoms with Gasteiger partial charge in [-0.15, -0.1) is 0 Å². The van der Waals surface area contributed by atoms with E-state index in [1.54, 1.807) is 14.2 Å². The molecule has 23 heavy (non-hydrogen) atoms. The normalized spacial score (nSPS) is 18.1. The fraction of sp³-hybridized carbons (Fsp3) is 0.400. The lowest BCUT2D eigenvalue weighted by atomic mass is 9.87. The summed E-state index contributed by atoms with van der Waals surface area (Å²) >= 11 is 0. The predicted molar refractivity (Wildman–Crippen MR) is 93.4 cm³/mol. The minimum absolute atomic E-state index is 0.332. The number of methoxy groups -OCH3 is 2. The van der Waals surface area contributed by atoms with E-state index in [0.717, 1.165) is 30.8 Å². The average Bonchev–Trinajstić information content (AvgIpc) is 2.61. The van der Waals surface area contributed by atoms with E-state index in [4.69, 9.17) is 9.47 Å². The molecule has 2 aromatic rings. The van der Waals surface area contributed by atoms with Crippen molar-refractivity contribution >= 4 is 0 Å². The van der Waals surface area contributed by atoms with Gasteiger partial charge in [0.2, 0.25) is 0 Å². The Kier molecular flexibility index (Phi) is 4.87. The number of ether oxygens (including phenoxy) is 2. The van der Waals surface area contributed by atoms with Gasteiger partial charge in [0, 0.05) is 12.1 Å². The van der Waals surface area contributed by atoms with E-state index in [1.807, 2.05) is 12.1 Å². The molecule has 1 N–H and O–H groups in total. The van der Waals surface area contributed by atoms with Crippen LogP contribution in [0.4, 0.5) is 0 Å². The lowest BCUT2D eigenvalue weighted by Gasteiger charge is -2.29. The summed E-state index contributed by atoms with van der Waals surface area (Å²) in [4.78, 5) is 0. The Morgan fingerprint density at radius 1 is 1.04 bits per heavy atom. The van der Waals surface area contributed by atoms with Gasteiger partial charge in [0.15, 0.2) is 0 Å². The van der Waals surface area contributed by atoms with Crippen LogP contribution >= 0.6 is 0 Å². The van der Waals surface area contributed by atoms with Crippen LogP contribution in [0.25, 0.3) is 0 Å². The van der Waals surface area contributed by atoms with Crippen molar-refractivity contribution in [1.29, 1.82) is 0 Å². The minimum atomic E-state index is 0.332. The molecule has 122 valence electrons. The Labute approximate surface area is 138 Å². The minimum Gasteiger partial charge on any atom is -0.497 e. The van der Waals surface area contributed by atoms with Gasteiger partial charge in [-0.1, -0.05) is 24.3 Å². The summed E-state index contributed by atoms with van der Waals surface area (Å²) in [6.45, 7) is 2.23. The van der Waals surface area contributed by atoms with Crippen LogP contribution in [0.3, 0.4) is 0 Å². The van der Waals surface area contributed by atoms with Gasteiger partial charge in [-0.3, -0.25) is 0 Å². The quantitative estimate of drug-likeness (QED) is 0.908. The molecule has 0 spiro atoms. The first-order valence-corrected chi connectivity index (χ1v) is 8.26. The second-order valence-electron chi connectivity index (χ2n) is 6.20. The zero-order valence-corrected chi connectivity index (χ0v) is 14.1. The van der Waals surface area contributed by atoms with Gasteiger partial charge in [-0.25, -0.2) is 0 Å². The molecule has 0 radical (unpaired) electrons. The van der Waals surface area contributed by atoms with Crippen molar-refractivity contribution in [3.05, 3.63) is 59.2 Å². The topological polar surface area (TPSA) is 30.5 Å². The summed E-state index contributed by atoms with van der Waals surface area (Å²) < 4.78 is 10.7. The second-order valence-corrected chi connectivity index (χ2v) is 6.20. The van der Waals surface area contributed by atoms with Crippen LogP contribution in [0.2, 0.25) is 0 Å². The summed E-state index contributed by atoms with van der Waals surface area (Å²) in [5.41, 5.74) is 4.09. The van der Waals surface area contributed by atoms with Crippen molar-refractivity contribution in [2.75, 3.05) is 14.2 Å². The molecule has 3 nitrogen and oxygen atoms in total. The smallest absolute Gasteiger partial charge is 0.122 e. The van der Waals surface area contributed by atoms with E-state index in [2.05, 4.69) is 42.6 Å².